The molecule has 108 valence electrons. The van der Waals surface area contributed by atoms with Gasteiger partial charge >= 0.3 is 5.97 Å². The van der Waals surface area contributed by atoms with Crippen molar-refractivity contribution >= 4 is 5.97 Å². The highest BCUT2D eigenvalue weighted by Crippen LogP contribution is 2.34. The summed E-state index contributed by atoms with van der Waals surface area (Å²) in [6.45, 7) is 5.08. The molecule has 1 aromatic rings. The van der Waals surface area contributed by atoms with E-state index in [1.165, 1.54) is 0 Å². The van der Waals surface area contributed by atoms with Crippen molar-refractivity contribution in [2.24, 2.45) is 5.92 Å². The van der Waals surface area contributed by atoms with Gasteiger partial charge in [-0.05, 0) is 25.3 Å². The standard InChI is InChI=1S/C15H20N2O3/c1-2-20-15(19)10-16-7-11-6-12(9-16)13-4-3-5-14(18)17(13)8-11/h3-5,11-12H,2,6-10H2,1H3/t11-,12+/m0/s1. The van der Waals surface area contributed by atoms with E-state index in [0.717, 1.165) is 31.7 Å². The molecular weight excluding hydrogens is 256 g/mol. The third-order valence-corrected chi connectivity index (χ3v) is 4.21. The minimum Gasteiger partial charge on any atom is -0.465 e. The molecule has 0 radical (unpaired) electrons. The summed E-state index contributed by atoms with van der Waals surface area (Å²) >= 11 is 0. The molecule has 1 aromatic heterocycles. The number of piperidine rings is 1. The van der Waals surface area contributed by atoms with Crippen LogP contribution in [0.4, 0.5) is 0 Å². The first kappa shape index (κ1) is 13.4. The minimum absolute atomic E-state index is 0.0936. The van der Waals surface area contributed by atoms with Crippen molar-refractivity contribution in [3.63, 3.8) is 0 Å². The van der Waals surface area contributed by atoms with Gasteiger partial charge in [0.15, 0.2) is 0 Å². The van der Waals surface area contributed by atoms with Gasteiger partial charge in [-0.15, -0.1) is 0 Å². The van der Waals surface area contributed by atoms with E-state index in [-0.39, 0.29) is 11.5 Å². The van der Waals surface area contributed by atoms with E-state index in [9.17, 15) is 9.59 Å². The first-order valence-electron chi connectivity index (χ1n) is 7.25. The monoisotopic (exact) mass is 276 g/mol. The van der Waals surface area contributed by atoms with E-state index < -0.39 is 0 Å². The number of carbonyl (C=O) groups excluding carboxylic acids is 1. The van der Waals surface area contributed by atoms with E-state index in [2.05, 4.69) is 4.90 Å². The second-order valence-corrected chi connectivity index (χ2v) is 5.70. The van der Waals surface area contributed by atoms with E-state index in [4.69, 9.17) is 4.74 Å². The molecule has 1 fully saturated rings. The molecule has 2 aliphatic heterocycles. The first-order chi connectivity index (χ1) is 9.67. The molecule has 0 spiro atoms. The summed E-state index contributed by atoms with van der Waals surface area (Å²) in [5.74, 6) is 0.652. The molecule has 5 nitrogen and oxygen atoms in total. The largest absolute Gasteiger partial charge is 0.465 e. The third kappa shape index (κ3) is 2.50. The molecule has 0 aromatic carbocycles. The maximum absolute atomic E-state index is 11.9. The van der Waals surface area contributed by atoms with Crippen LogP contribution in [-0.4, -0.2) is 41.7 Å². The maximum Gasteiger partial charge on any atom is 0.320 e. The Morgan fingerprint density at radius 3 is 3.00 bits per heavy atom. The van der Waals surface area contributed by atoms with Crippen molar-refractivity contribution in [1.29, 1.82) is 0 Å². The summed E-state index contributed by atoms with van der Waals surface area (Å²) in [5, 5.41) is 0. The number of likely N-dealkylation sites (tertiary alicyclic amines) is 1. The van der Waals surface area contributed by atoms with Crippen LogP contribution in [0.3, 0.4) is 0 Å². The van der Waals surface area contributed by atoms with Gasteiger partial charge in [-0.2, -0.15) is 0 Å². The molecule has 2 atom stereocenters. The summed E-state index contributed by atoms with van der Waals surface area (Å²) in [6, 6.07) is 5.50. The van der Waals surface area contributed by atoms with Crippen molar-refractivity contribution in [1.82, 2.24) is 9.47 Å². The molecule has 0 aliphatic carbocycles. The van der Waals surface area contributed by atoms with Gasteiger partial charge in [0, 0.05) is 37.3 Å². The van der Waals surface area contributed by atoms with E-state index >= 15 is 0 Å². The molecule has 0 amide bonds. The number of fused-ring (bicyclic) bond motifs is 4. The van der Waals surface area contributed by atoms with Crippen molar-refractivity contribution in [2.75, 3.05) is 26.2 Å². The number of hydrogen-bond donors (Lipinski definition) is 0. The summed E-state index contributed by atoms with van der Waals surface area (Å²) in [5.41, 5.74) is 1.21. The quantitative estimate of drug-likeness (QED) is 0.767. The van der Waals surface area contributed by atoms with Crippen LogP contribution in [0.2, 0.25) is 0 Å². The Bertz CT molecular complexity index is 566. The molecule has 1 saturated heterocycles. The van der Waals surface area contributed by atoms with Gasteiger partial charge in [0.2, 0.25) is 0 Å². The highest BCUT2D eigenvalue weighted by molar-refractivity contribution is 5.71. The van der Waals surface area contributed by atoms with E-state index in [1.54, 1.807) is 6.07 Å². The fourth-order valence-corrected chi connectivity index (χ4v) is 3.51. The first-order valence-corrected chi connectivity index (χ1v) is 7.25. The smallest absolute Gasteiger partial charge is 0.320 e. The van der Waals surface area contributed by atoms with Crippen LogP contribution in [0.1, 0.15) is 25.0 Å². The molecule has 3 rings (SSSR count). The Kier molecular flexibility index (Phi) is 3.61. The van der Waals surface area contributed by atoms with E-state index in [0.29, 0.717) is 25.0 Å². The Hall–Kier alpha value is -1.62. The number of rotatable bonds is 3. The zero-order valence-corrected chi connectivity index (χ0v) is 11.7. The highest BCUT2D eigenvalue weighted by atomic mass is 16.5. The average molecular weight is 276 g/mol. The Morgan fingerprint density at radius 1 is 1.35 bits per heavy atom. The van der Waals surface area contributed by atoms with Crippen molar-refractivity contribution in [2.45, 2.75) is 25.8 Å². The number of hydrogen-bond acceptors (Lipinski definition) is 4. The van der Waals surface area contributed by atoms with Gasteiger partial charge in [-0.25, -0.2) is 0 Å². The molecule has 5 heteroatoms. The summed E-state index contributed by atoms with van der Waals surface area (Å²) in [4.78, 5) is 25.7. The average Bonchev–Trinajstić information content (AvgIpc) is 2.40. The lowest BCUT2D eigenvalue weighted by Crippen LogP contribution is -2.48. The summed E-state index contributed by atoms with van der Waals surface area (Å²) in [6.07, 6.45) is 1.11. The van der Waals surface area contributed by atoms with Crippen molar-refractivity contribution < 1.29 is 9.53 Å². The van der Waals surface area contributed by atoms with Crippen LogP contribution in [0.25, 0.3) is 0 Å². The topological polar surface area (TPSA) is 51.5 Å². The summed E-state index contributed by atoms with van der Waals surface area (Å²) < 4.78 is 6.92. The number of aromatic nitrogens is 1. The predicted molar refractivity (Wildman–Crippen MR) is 74.6 cm³/mol. The fraction of sp³-hybridized carbons (Fsp3) is 0.600. The minimum atomic E-state index is -0.155. The van der Waals surface area contributed by atoms with Gasteiger partial charge in [0.25, 0.3) is 5.56 Å². The summed E-state index contributed by atoms with van der Waals surface area (Å²) in [7, 11) is 0. The number of esters is 1. The molecular formula is C15H20N2O3. The van der Waals surface area contributed by atoms with Gasteiger partial charge in [0.1, 0.15) is 0 Å². The van der Waals surface area contributed by atoms with Crippen LogP contribution >= 0.6 is 0 Å². The van der Waals surface area contributed by atoms with Gasteiger partial charge in [-0.1, -0.05) is 6.07 Å². The second kappa shape index (κ2) is 5.40. The molecule has 0 saturated carbocycles. The maximum atomic E-state index is 11.9. The fourth-order valence-electron chi connectivity index (χ4n) is 3.51. The lowest BCUT2D eigenvalue weighted by Gasteiger charge is -2.42. The SMILES string of the molecule is CCOC(=O)CN1C[C@@H]2C[C@H](C1)c1cccc(=O)n1C2. The Labute approximate surface area is 118 Å². The molecule has 3 heterocycles. The second-order valence-electron chi connectivity index (χ2n) is 5.70. The number of pyridine rings is 1. The Morgan fingerprint density at radius 2 is 2.20 bits per heavy atom. The zero-order valence-electron chi connectivity index (χ0n) is 11.7. The van der Waals surface area contributed by atoms with Crippen LogP contribution in [0.15, 0.2) is 23.0 Å². The molecule has 0 N–H and O–H groups in total. The van der Waals surface area contributed by atoms with Crippen molar-refractivity contribution in [3.05, 3.63) is 34.2 Å². The molecule has 2 bridgehead atoms. The van der Waals surface area contributed by atoms with Crippen LogP contribution in [0, 0.1) is 5.92 Å². The lowest BCUT2D eigenvalue weighted by atomic mass is 9.83. The number of nitrogens with zero attached hydrogens (tertiary/aromatic N) is 2. The highest BCUT2D eigenvalue weighted by Gasteiger charge is 2.34. The lowest BCUT2D eigenvalue weighted by molar-refractivity contribution is -0.145. The van der Waals surface area contributed by atoms with Crippen LogP contribution in [-0.2, 0) is 16.1 Å². The zero-order chi connectivity index (χ0) is 14.1. The predicted octanol–water partition coefficient (Wildman–Crippen LogP) is 0.831. The number of ether oxygens (including phenoxy) is 1. The molecule has 20 heavy (non-hydrogen) atoms. The normalized spacial score (nSPS) is 25.1. The van der Waals surface area contributed by atoms with Gasteiger partial charge < -0.3 is 9.30 Å². The Balaban J connectivity index is 1.77. The third-order valence-electron chi connectivity index (χ3n) is 4.21. The molecule has 2 aliphatic rings. The van der Waals surface area contributed by atoms with Crippen LogP contribution in [0.5, 0.6) is 0 Å². The van der Waals surface area contributed by atoms with Gasteiger partial charge in [0.05, 0.1) is 13.2 Å². The molecule has 0 unspecified atom stereocenters. The van der Waals surface area contributed by atoms with Crippen LogP contribution < -0.4 is 5.56 Å². The number of carbonyl (C=O) groups is 1. The van der Waals surface area contributed by atoms with Gasteiger partial charge in [-0.3, -0.25) is 14.5 Å². The van der Waals surface area contributed by atoms with E-state index in [1.807, 2.05) is 23.6 Å². The van der Waals surface area contributed by atoms with Crippen molar-refractivity contribution in [3.8, 4) is 0 Å².